The van der Waals surface area contributed by atoms with E-state index in [1.807, 2.05) is 30.5 Å². The second-order valence-electron chi connectivity index (χ2n) is 8.22. The molecule has 38 heavy (non-hydrogen) atoms. The Labute approximate surface area is 220 Å². The summed E-state index contributed by atoms with van der Waals surface area (Å²) in [6.45, 7) is 16.5. The maximum Gasteiger partial charge on any atom is 0.260 e. The number of benzene rings is 2. The number of rotatable bonds is 10. The predicted molar refractivity (Wildman–Crippen MR) is 153 cm³/mol. The van der Waals surface area contributed by atoms with Gasteiger partial charge in [-0.2, -0.15) is 0 Å². The van der Waals surface area contributed by atoms with Crippen molar-refractivity contribution in [3.05, 3.63) is 54.4 Å². The van der Waals surface area contributed by atoms with Gasteiger partial charge in [0.1, 0.15) is 5.75 Å². The number of piperazine rings is 1. The Hall–Kier alpha value is -4.93. The third-order valence-corrected chi connectivity index (χ3v) is 6.18. The molecule has 0 spiro atoms. The van der Waals surface area contributed by atoms with Crippen LogP contribution in [0.2, 0.25) is 0 Å². The molecular weight excluding hydrogens is 487 g/mol. The van der Waals surface area contributed by atoms with Gasteiger partial charge in [0, 0.05) is 50.2 Å². The molecule has 2 heterocycles. The second kappa shape index (κ2) is 11.9. The Morgan fingerprint density at radius 2 is 1.45 bits per heavy atom. The lowest BCUT2D eigenvalue weighted by molar-refractivity contribution is 0.102. The van der Waals surface area contributed by atoms with E-state index in [1.165, 1.54) is 12.1 Å². The maximum atomic E-state index is 13.4. The van der Waals surface area contributed by atoms with Crippen LogP contribution in [0, 0.1) is 0 Å². The fourth-order valence-corrected chi connectivity index (χ4v) is 4.31. The highest BCUT2D eigenvalue weighted by atomic mass is 19.1. The first kappa shape index (κ1) is 26.1. The maximum absolute atomic E-state index is 13.4. The van der Waals surface area contributed by atoms with E-state index in [-0.39, 0.29) is 22.7 Å². The number of aliphatic imine (C=N–C) groups is 4. The molecule has 0 unspecified atom stereocenters. The summed E-state index contributed by atoms with van der Waals surface area (Å²) in [4.78, 5) is 38.1. The van der Waals surface area contributed by atoms with Crippen LogP contribution in [0.4, 0.5) is 44.2 Å². The van der Waals surface area contributed by atoms with Gasteiger partial charge in [-0.3, -0.25) is 29.7 Å². The molecule has 1 aliphatic heterocycles. The number of nitrogens with one attached hydrogen (secondary N) is 1. The molecule has 1 amide bonds. The summed E-state index contributed by atoms with van der Waals surface area (Å²) in [6.07, 6.45) is 3.61. The van der Waals surface area contributed by atoms with E-state index < -0.39 is 12.8 Å². The van der Waals surface area contributed by atoms with Crippen molar-refractivity contribution in [2.45, 2.75) is 0 Å². The van der Waals surface area contributed by atoms with Crippen molar-refractivity contribution < 1.29 is 13.9 Å². The lowest BCUT2D eigenvalue weighted by atomic mass is 10.1. The van der Waals surface area contributed by atoms with E-state index in [0.29, 0.717) is 17.1 Å². The number of pyridine rings is 1. The van der Waals surface area contributed by atoms with E-state index in [2.05, 4.69) is 66.9 Å². The Morgan fingerprint density at radius 3 is 1.92 bits per heavy atom. The quantitative estimate of drug-likeness (QED) is 0.370. The molecule has 3 aromatic rings. The second-order valence-corrected chi connectivity index (χ2v) is 8.22. The first-order chi connectivity index (χ1) is 18.5. The van der Waals surface area contributed by atoms with Crippen molar-refractivity contribution >= 4 is 72.6 Å². The van der Waals surface area contributed by atoms with Crippen LogP contribution in [0.1, 0.15) is 10.4 Å². The SMILES string of the molecule is C=Nc1cc(N2CCN(c3cccnc3)CC2)cc(N=C)c1NC(=O)c1c(N=C)cc(OCF)cc1N=C. The van der Waals surface area contributed by atoms with E-state index >= 15 is 0 Å². The molecule has 1 saturated heterocycles. The number of anilines is 3. The molecule has 194 valence electrons. The van der Waals surface area contributed by atoms with Crippen LogP contribution in [0.3, 0.4) is 0 Å². The zero-order chi connectivity index (χ0) is 27.1. The van der Waals surface area contributed by atoms with Crippen LogP contribution in [0.25, 0.3) is 0 Å². The molecular formula is C27H27FN8O2. The summed E-state index contributed by atoms with van der Waals surface area (Å²) in [7, 11) is 0. The van der Waals surface area contributed by atoms with Crippen LogP contribution >= 0.6 is 0 Å². The first-order valence-electron chi connectivity index (χ1n) is 11.7. The number of hydrogen-bond acceptors (Lipinski definition) is 9. The summed E-state index contributed by atoms with van der Waals surface area (Å²) in [6, 6.07) is 10.4. The third kappa shape index (κ3) is 5.41. The molecule has 0 aliphatic carbocycles. The number of nitrogens with zero attached hydrogens (tertiary/aromatic N) is 7. The minimum absolute atomic E-state index is 0.0850. The molecule has 4 rings (SSSR count). The lowest BCUT2D eigenvalue weighted by Gasteiger charge is -2.37. The van der Waals surface area contributed by atoms with Gasteiger partial charge in [-0.15, -0.1) is 0 Å². The van der Waals surface area contributed by atoms with Crippen molar-refractivity contribution in [1.29, 1.82) is 0 Å². The average Bonchev–Trinajstić information content (AvgIpc) is 2.97. The monoisotopic (exact) mass is 514 g/mol. The van der Waals surface area contributed by atoms with E-state index in [0.717, 1.165) is 37.6 Å². The Morgan fingerprint density at radius 1 is 0.895 bits per heavy atom. The molecule has 11 heteroatoms. The molecule has 1 aromatic heterocycles. The standard InChI is InChI=1S/C27H27FN8O2/c1-29-21-14-20(38-17-28)15-22(30-2)25(21)27(37)34-26-23(31-3)12-19(13-24(26)32-4)36-10-8-35(9-11-36)18-6-5-7-33-16-18/h5-7,12-16H,1-4,8-11,17H2,(H,34,37). The van der Waals surface area contributed by atoms with E-state index in [9.17, 15) is 9.18 Å². The number of hydrogen-bond donors (Lipinski definition) is 1. The van der Waals surface area contributed by atoms with Gasteiger partial charge in [0.15, 0.2) is 0 Å². The van der Waals surface area contributed by atoms with Gasteiger partial charge in [0.2, 0.25) is 6.86 Å². The Bertz CT molecular complexity index is 1310. The number of aromatic nitrogens is 1. The molecule has 1 N–H and O–H groups in total. The summed E-state index contributed by atoms with van der Waals surface area (Å²) in [5.74, 6) is -0.419. The highest BCUT2D eigenvalue weighted by molar-refractivity contribution is 6.14. The van der Waals surface area contributed by atoms with Crippen molar-refractivity contribution in [1.82, 2.24) is 4.98 Å². The van der Waals surface area contributed by atoms with Gasteiger partial charge in [-0.1, -0.05) is 0 Å². The van der Waals surface area contributed by atoms with Gasteiger partial charge < -0.3 is 19.9 Å². The molecule has 2 aromatic carbocycles. The van der Waals surface area contributed by atoms with Crippen LogP contribution < -0.4 is 19.9 Å². The van der Waals surface area contributed by atoms with Gasteiger partial charge in [-0.05, 0) is 51.1 Å². The summed E-state index contributed by atoms with van der Waals surface area (Å²) in [5.41, 5.74) is 3.53. The van der Waals surface area contributed by atoms with Crippen molar-refractivity contribution in [2.75, 3.05) is 48.2 Å². The zero-order valence-electron chi connectivity index (χ0n) is 20.8. The van der Waals surface area contributed by atoms with E-state index in [1.54, 1.807) is 6.20 Å². The number of carbonyl (C=O) groups is 1. The van der Waals surface area contributed by atoms with E-state index in [4.69, 9.17) is 4.74 Å². The van der Waals surface area contributed by atoms with Gasteiger partial charge in [0.05, 0.1) is 45.9 Å². The van der Waals surface area contributed by atoms with Crippen LogP contribution in [0.15, 0.2) is 68.8 Å². The van der Waals surface area contributed by atoms with Gasteiger partial charge >= 0.3 is 0 Å². The average molecular weight is 515 g/mol. The fourth-order valence-electron chi connectivity index (χ4n) is 4.31. The Kier molecular flexibility index (Phi) is 8.17. The minimum Gasteiger partial charge on any atom is -0.463 e. The predicted octanol–water partition coefficient (Wildman–Crippen LogP) is 5.29. The number of halogens is 1. The van der Waals surface area contributed by atoms with Gasteiger partial charge in [0.25, 0.3) is 5.91 Å². The number of carbonyl (C=O) groups excluding carboxylic acids is 1. The third-order valence-electron chi connectivity index (χ3n) is 6.18. The zero-order valence-corrected chi connectivity index (χ0v) is 20.8. The first-order valence-corrected chi connectivity index (χ1v) is 11.7. The summed E-state index contributed by atoms with van der Waals surface area (Å²) >= 11 is 0. The van der Waals surface area contributed by atoms with Crippen LogP contribution in [-0.2, 0) is 0 Å². The van der Waals surface area contributed by atoms with Crippen LogP contribution in [-0.4, -0.2) is 70.8 Å². The smallest absolute Gasteiger partial charge is 0.260 e. The van der Waals surface area contributed by atoms with Gasteiger partial charge in [-0.25, -0.2) is 4.39 Å². The molecule has 0 saturated carbocycles. The molecule has 1 aliphatic rings. The molecule has 0 radical (unpaired) electrons. The highest BCUT2D eigenvalue weighted by Crippen LogP contribution is 2.41. The normalized spacial score (nSPS) is 13.0. The van der Waals surface area contributed by atoms with Crippen molar-refractivity contribution in [3.63, 3.8) is 0 Å². The summed E-state index contributed by atoms with van der Waals surface area (Å²) in [5, 5.41) is 2.83. The largest absolute Gasteiger partial charge is 0.463 e. The molecule has 10 nitrogen and oxygen atoms in total. The summed E-state index contributed by atoms with van der Waals surface area (Å²) < 4.78 is 17.6. The molecule has 0 bridgehead atoms. The fraction of sp³-hybridized carbons (Fsp3) is 0.185. The van der Waals surface area contributed by atoms with Crippen LogP contribution in [0.5, 0.6) is 5.75 Å². The number of ether oxygens (including phenoxy) is 1. The van der Waals surface area contributed by atoms with Crippen molar-refractivity contribution in [3.8, 4) is 5.75 Å². The number of amides is 1. The molecule has 1 fully saturated rings. The topological polar surface area (TPSA) is 107 Å². The lowest BCUT2D eigenvalue weighted by Crippen LogP contribution is -2.46. The Balaban J connectivity index is 1.61. The number of alkyl halides is 1. The molecule has 0 atom stereocenters. The minimum atomic E-state index is -1.05. The van der Waals surface area contributed by atoms with Crippen molar-refractivity contribution in [2.24, 2.45) is 20.0 Å². The highest BCUT2D eigenvalue weighted by Gasteiger charge is 2.23.